The summed E-state index contributed by atoms with van der Waals surface area (Å²) in [5, 5.41) is 0. The average molecular weight is 393 g/mol. The van der Waals surface area contributed by atoms with Crippen molar-refractivity contribution in [1.29, 1.82) is 0 Å². The molecule has 27 heavy (non-hydrogen) atoms. The van der Waals surface area contributed by atoms with E-state index in [1.165, 1.54) is 7.11 Å². The van der Waals surface area contributed by atoms with E-state index in [1.54, 1.807) is 0 Å². The predicted octanol–water partition coefficient (Wildman–Crippen LogP) is -1.41. The van der Waals surface area contributed by atoms with Crippen LogP contribution < -0.4 is 5.90 Å². The first-order valence-corrected chi connectivity index (χ1v) is 7.86. The first kappa shape index (κ1) is 22.8. The fraction of sp³-hybridized carbons (Fsp3) is 0.733. The van der Waals surface area contributed by atoms with Gasteiger partial charge in [0, 0.05) is 27.9 Å². The van der Waals surface area contributed by atoms with Gasteiger partial charge in [-0.3, -0.25) is 19.2 Å². The van der Waals surface area contributed by atoms with Gasteiger partial charge in [0.2, 0.25) is 0 Å². The van der Waals surface area contributed by atoms with Gasteiger partial charge in [-0.15, -0.1) is 0 Å². The first-order chi connectivity index (χ1) is 12.7. The van der Waals surface area contributed by atoms with Crippen LogP contribution in [0.5, 0.6) is 0 Å². The maximum Gasteiger partial charge on any atom is 0.334 e. The normalized spacial score (nSPS) is 27.4. The van der Waals surface area contributed by atoms with Crippen LogP contribution in [0.25, 0.3) is 0 Å². The molecule has 1 saturated heterocycles. The molecule has 2 N–H and O–H groups in total. The SMILES string of the molecule is CO[C@H]1O[C@H](COC(=O)CON)[C@H](OC(C)=O)[C@H](OC(C)=O)[C@H]1OC(C)=O. The Labute approximate surface area is 155 Å². The van der Waals surface area contributed by atoms with Crippen molar-refractivity contribution in [2.45, 2.75) is 51.5 Å². The summed E-state index contributed by atoms with van der Waals surface area (Å²) >= 11 is 0. The third-order valence-electron chi connectivity index (χ3n) is 3.34. The molecule has 0 aromatic heterocycles. The lowest BCUT2D eigenvalue weighted by molar-refractivity contribution is -0.302. The van der Waals surface area contributed by atoms with Crippen molar-refractivity contribution in [1.82, 2.24) is 0 Å². The van der Waals surface area contributed by atoms with Crippen LogP contribution in [-0.2, 0) is 52.4 Å². The number of rotatable bonds is 8. The van der Waals surface area contributed by atoms with Gasteiger partial charge in [-0.05, 0) is 0 Å². The molecule has 0 aromatic rings. The number of nitrogens with two attached hydrogens (primary N) is 1. The van der Waals surface area contributed by atoms with Crippen molar-refractivity contribution in [3.63, 3.8) is 0 Å². The van der Waals surface area contributed by atoms with Crippen molar-refractivity contribution in [3.8, 4) is 0 Å². The summed E-state index contributed by atoms with van der Waals surface area (Å²) in [5.74, 6) is 1.84. The van der Waals surface area contributed by atoms with E-state index in [1.807, 2.05) is 0 Å². The largest absolute Gasteiger partial charge is 0.461 e. The molecule has 0 radical (unpaired) electrons. The number of ether oxygens (including phenoxy) is 6. The van der Waals surface area contributed by atoms with Gasteiger partial charge in [0.05, 0.1) is 0 Å². The van der Waals surface area contributed by atoms with E-state index in [9.17, 15) is 19.2 Å². The molecule has 0 aliphatic carbocycles. The van der Waals surface area contributed by atoms with Gasteiger partial charge in [-0.1, -0.05) is 0 Å². The second-order valence-electron chi connectivity index (χ2n) is 5.49. The number of hydrogen-bond acceptors (Lipinski definition) is 12. The van der Waals surface area contributed by atoms with E-state index < -0.39 is 67.8 Å². The lowest BCUT2D eigenvalue weighted by atomic mass is 9.98. The Hall–Kier alpha value is -2.28. The summed E-state index contributed by atoms with van der Waals surface area (Å²) in [6.45, 7) is 2.48. The number of carbonyl (C=O) groups is 4. The van der Waals surface area contributed by atoms with E-state index in [0.29, 0.717) is 0 Å². The van der Waals surface area contributed by atoms with Crippen LogP contribution in [0.1, 0.15) is 20.8 Å². The number of esters is 4. The molecule has 0 spiro atoms. The van der Waals surface area contributed by atoms with Crippen molar-refractivity contribution in [2.24, 2.45) is 5.90 Å². The molecule has 1 rings (SSSR count). The highest BCUT2D eigenvalue weighted by Crippen LogP contribution is 2.29. The molecule has 0 unspecified atom stereocenters. The molecular formula is C15H23NO11. The van der Waals surface area contributed by atoms with Crippen molar-refractivity contribution in [2.75, 3.05) is 20.3 Å². The Kier molecular flexibility index (Phi) is 9.08. The molecule has 12 nitrogen and oxygen atoms in total. The summed E-state index contributed by atoms with van der Waals surface area (Å²) in [5.41, 5.74) is 0. The molecule has 5 atom stereocenters. The smallest absolute Gasteiger partial charge is 0.334 e. The van der Waals surface area contributed by atoms with Gasteiger partial charge in [-0.25, -0.2) is 10.7 Å². The predicted molar refractivity (Wildman–Crippen MR) is 83.4 cm³/mol. The van der Waals surface area contributed by atoms with Gasteiger partial charge in [0.15, 0.2) is 31.2 Å². The van der Waals surface area contributed by atoms with E-state index in [-0.39, 0.29) is 0 Å². The molecule has 1 heterocycles. The molecule has 0 amide bonds. The lowest BCUT2D eigenvalue weighted by Gasteiger charge is -2.43. The van der Waals surface area contributed by atoms with E-state index in [2.05, 4.69) is 4.84 Å². The third-order valence-corrected chi connectivity index (χ3v) is 3.34. The molecule has 1 aliphatic heterocycles. The van der Waals surface area contributed by atoms with Gasteiger partial charge < -0.3 is 28.4 Å². The highest BCUT2D eigenvalue weighted by molar-refractivity contribution is 5.70. The minimum absolute atomic E-state index is 0.398. The highest BCUT2D eigenvalue weighted by atomic mass is 16.7. The summed E-state index contributed by atoms with van der Waals surface area (Å²) in [7, 11) is 1.27. The minimum Gasteiger partial charge on any atom is -0.461 e. The van der Waals surface area contributed by atoms with Crippen molar-refractivity contribution >= 4 is 23.9 Å². The second kappa shape index (κ2) is 10.8. The lowest BCUT2D eigenvalue weighted by Crippen LogP contribution is -2.62. The van der Waals surface area contributed by atoms with Crippen LogP contribution in [0, 0.1) is 0 Å². The Bertz CT molecular complexity index is 552. The quantitative estimate of drug-likeness (QED) is 0.292. The molecular weight excluding hydrogens is 370 g/mol. The molecule has 1 fully saturated rings. The van der Waals surface area contributed by atoms with E-state index in [0.717, 1.165) is 20.8 Å². The highest BCUT2D eigenvalue weighted by Gasteiger charge is 2.52. The number of hydrogen-bond donors (Lipinski definition) is 1. The summed E-state index contributed by atoms with van der Waals surface area (Å²) < 4.78 is 31.2. The van der Waals surface area contributed by atoms with Gasteiger partial charge in [0.25, 0.3) is 0 Å². The average Bonchev–Trinajstić information content (AvgIpc) is 2.56. The van der Waals surface area contributed by atoms with Crippen LogP contribution >= 0.6 is 0 Å². The molecule has 154 valence electrons. The maximum absolute atomic E-state index is 11.5. The molecule has 0 aromatic carbocycles. The monoisotopic (exact) mass is 393 g/mol. The summed E-state index contributed by atoms with van der Waals surface area (Å²) in [4.78, 5) is 50.1. The summed E-state index contributed by atoms with van der Waals surface area (Å²) in [6, 6.07) is 0. The topological polar surface area (TPSA) is 159 Å². The van der Waals surface area contributed by atoms with Gasteiger partial charge in [0.1, 0.15) is 12.7 Å². The maximum atomic E-state index is 11.5. The third kappa shape index (κ3) is 7.09. The fourth-order valence-electron chi connectivity index (χ4n) is 2.46. The van der Waals surface area contributed by atoms with E-state index >= 15 is 0 Å². The minimum atomic E-state index is -1.26. The van der Waals surface area contributed by atoms with Crippen LogP contribution in [0.3, 0.4) is 0 Å². The molecule has 12 heteroatoms. The zero-order valence-electron chi connectivity index (χ0n) is 15.4. The summed E-state index contributed by atoms with van der Waals surface area (Å²) in [6.07, 6.45) is -5.99. The Morgan fingerprint density at radius 2 is 1.41 bits per heavy atom. The zero-order chi connectivity index (χ0) is 20.6. The fourth-order valence-corrected chi connectivity index (χ4v) is 2.46. The Balaban J connectivity index is 3.13. The first-order valence-electron chi connectivity index (χ1n) is 7.86. The Morgan fingerprint density at radius 1 is 0.889 bits per heavy atom. The standard InChI is InChI=1S/C15H23NO11/c1-7(17)24-12-10(5-22-11(20)6-23-16)27-15(21-4)14(26-9(3)19)13(12)25-8(2)18/h10,12-15H,5-6,16H2,1-4H3/t10-,12+,13+,14-,15+/m1/s1. The van der Waals surface area contributed by atoms with Gasteiger partial charge >= 0.3 is 23.9 Å². The van der Waals surface area contributed by atoms with E-state index in [4.69, 9.17) is 34.3 Å². The van der Waals surface area contributed by atoms with Crippen molar-refractivity contribution < 1.29 is 52.4 Å². The van der Waals surface area contributed by atoms with Crippen LogP contribution in [0.15, 0.2) is 0 Å². The number of carbonyl (C=O) groups excluding carboxylic acids is 4. The van der Waals surface area contributed by atoms with Crippen LogP contribution in [0.4, 0.5) is 0 Å². The second-order valence-corrected chi connectivity index (χ2v) is 5.49. The Morgan fingerprint density at radius 3 is 1.89 bits per heavy atom. The molecule has 0 bridgehead atoms. The molecule has 0 saturated carbocycles. The van der Waals surface area contributed by atoms with Crippen LogP contribution in [0.2, 0.25) is 0 Å². The van der Waals surface area contributed by atoms with Crippen LogP contribution in [-0.4, -0.2) is 74.9 Å². The van der Waals surface area contributed by atoms with Crippen molar-refractivity contribution in [3.05, 3.63) is 0 Å². The molecule has 1 aliphatic rings. The number of methoxy groups -OCH3 is 1. The van der Waals surface area contributed by atoms with Gasteiger partial charge in [-0.2, -0.15) is 0 Å². The zero-order valence-corrected chi connectivity index (χ0v) is 15.4.